The predicted molar refractivity (Wildman–Crippen MR) is 159 cm³/mol. The van der Waals surface area contributed by atoms with E-state index in [2.05, 4.69) is 59.8 Å². The fourth-order valence-electron chi connectivity index (χ4n) is 3.68. The second-order valence-electron chi connectivity index (χ2n) is 8.21. The van der Waals surface area contributed by atoms with Gasteiger partial charge in [-0.1, -0.05) is 78.8 Å². The fraction of sp³-hybridized carbons (Fsp3) is 0.222. The van der Waals surface area contributed by atoms with Crippen molar-refractivity contribution in [2.45, 2.75) is 32.8 Å². The number of rotatable bonds is 9. The fourth-order valence-corrected chi connectivity index (χ4v) is 5.47. The third-order valence-electron chi connectivity index (χ3n) is 5.59. The average molecular weight is 713 g/mol. The van der Waals surface area contributed by atoms with Crippen molar-refractivity contribution in [3.05, 3.63) is 94.3 Å². The molecule has 0 saturated heterocycles. The highest BCUT2D eigenvalue weighted by Crippen LogP contribution is 2.37. The Kier molecular flexibility index (Phi) is 9.45. The van der Waals surface area contributed by atoms with Crippen LogP contribution in [0, 0.1) is 0 Å². The number of hydrogen-bond donors (Lipinski definition) is 0. The van der Waals surface area contributed by atoms with Gasteiger partial charge in [0.05, 0.1) is 29.2 Å². The Morgan fingerprint density at radius 1 is 1.08 bits per heavy atom. The molecule has 0 radical (unpaired) electrons. The van der Waals surface area contributed by atoms with Crippen LogP contribution in [0.2, 0.25) is 5.02 Å². The number of halogens is 4. The van der Waals surface area contributed by atoms with E-state index in [-0.39, 0.29) is 5.56 Å². The molecule has 0 N–H and O–H groups in total. The van der Waals surface area contributed by atoms with Gasteiger partial charge in [0, 0.05) is 25.4 Å². The monoisotopic (exact) mass is 709 g/mol. The quantitative estimate of drug-likeness (QED) is 0.165. The number of aryl methyl sites for hydroxylation is 1. The van der Waals surface area contributed by atoms with Crippen LogP contribution in [0.4, 0.5) is 0 Å². The first-order chi connectivity index (χ1) is 17.8. The minimum Gasteiger partial charge on any atom is -0.493 e. The lowest BCUT2D eigenvalue weighted by molar-refractivity contribution is 0.284. The summed E-state index contributed by atoms with van der Waals surface area (Å²) in [6.45, 7) is 2.39. The maximum absolute atomic E-state index is 13.3. The van der Waals surface area contributed by atoms with E-state index < -0.39 is 0 Å². The number of fused-ring (bicyclic) bond motifs is 1. The molecule has 0 bridgehead atoms. The Morgan fingerprint density at radius 3 is 2.57 bits per heavy atom. The molecule has 0 saturated carbocycles. The molecule has 37 heavy (non-hydrogen) atoms. The van der Waals surface area contributed by atoms with Gasteiger partial charge >= 0.3 is 0 Å². The van der Waals surface area contributed by atoms with Gasteiger partial charge < -0.3 is 9.47 Å². The molecule has 1 aromatic heterocycles. The molecule has 6 nitrogen and oxygen atoms in total. The molecular formula is C27H23Br3ClN3O3. The molecule has 10 heteroatoms. The molecule has 192 valence electrons. The van der Waals surface area contributed by atoms with Crippen molar-refractivity contribution >= 4 is 76.5 Å². The highest BCUT2D eigenvalue weighted by molar-refractivity contribution is 9.11. The maximum Gasteiger partial charge on any atom is 0.282 e. The number of benzene rings is 3. The molecule has 3 aromatic carbocycles. The highest BCUT2D eigenvalue weighted by atomic mass is 79.9. The minimum atomic E-state index is -0.230. The summed E-state index contributed by atoms with van der Waals surface area (Å²) in [7, 11) is 1.55. The third kappa shape index (κ3) is 6.63. The van der Waals surface area contributed by atoms with E-state index in [1.165, 1.54) is 4.68 Å². The summed E-state index contributed by atoms with van der Waals surface area (Å²) in [5.41, 5.74) is 2.03. The van der Waals surface area contributed by atoms with Gasteiger partial charge in [-0.25, -0.2) is 4.98 Å². The summed E-state index contributed by atoms with van der Waals surface area (Å²) in [6, 6.07) is 14.8. The van der Waals surface area contributed by atoms with E-state index in [0.29, 0.717) is 51.8 Å². The summed E-state index contributed by atoms with van der Waals surface area (Å²) in [5.74, 6) is 1.49. The zero-order valence-electron chi connectivity index (χ0n) is 20.1. The van der Waals surface area contributed by atoms with Gasteiger partial charge in [-0.2, -0.15) is 9.78 Å². The molecule has 4 rings (SSSR count). The molecular weight excluding hydrogens is 689 g/mol. The highest BCUT2D eigenvalue weighted by Gasteiger charge is 2.14. The predicted octanol–water partition coefficient (Wildman–Crippen LogP) is 8.15. The molecule has 1 heterocycles. The summed E-state index contributed by atoms with van der Waals surface area (Å²) >= 11 is 17.0. The van der Waals surface area contributed by atoms with Crippen LogP contribution in [0.3, 0.4) is 0 Å². The van der Waals surface area contributed by atoms with Crippen molar-refractivity contribution in [2.24, 2.45) is 5.10 Å². The van der Waals surface area contributed by atoms with Gasteiger partial charge in [-0.15, -0.1) is 0 Å². The van der Waals surface area contributed by atoms with Crippen LogP contribution in [0.1, 0.15) is 36.7 Å². The average Bonchev–Trinajstić information content (AvgIpc) is 2.87. The number of unbranched alkanes of at least 4 members (excludes halogenated alkanes) is 1. The number of aromatic nitrogens is 2. The molecule has 4 aromatic rings. The van der Waals surface area contributed by atoms with Crippen molar-refractivity contribution in [2.75, 3.05) is 7.11 Å². The Morgan fingerprint density at radius 2 is 1.84 bits per heavy atom. The Labute approximate surface area is 245 Å². The topological polar surface area (TPSA) is 65.7 Å². The summed E-state index contributed by atoms with van der Waals surface area (Å²) in [4.78, 5) is 18.0. The Balaban J connectivity index is 1.67. The van der Waals surface area contributed by atoms with Crippen LogP contribution >= 0.6 is 59.4 Å². The number of methoxy groups -OCH3 is 1. The minimum absolute atomic E-state index is 0.230. The second-order valence-corrected chi connectivity index (χ2v) is 11.3. The first kappa shape index (κ1) is 27.8. The van der Waals surface area contributed by atoms with Crippen LogP contribution in [0.15, 0.2) is 71.8 Å². The molecule has 0 aliphatic heterocycles. The van der Waals surface area contributed by atoms with E-state index in [4.69, 9.17) is 26.1 Å². The normalized spacial score (nSPS) is 11.4. The third-order valence-corrected chi connectivity index (χ3v) is 7.60. The van der Waals surface area contributed by atoms with Crippen LogP contribution in [-0.2, 0) is 13.0 Å². The van der Waals surface area contributed by atoms with Crippen molar-refractivity contribution in [3.63, 3.8) is 0 Å². The molecule has 0 aliphatic rings. The molecule has 0 fully saturated rings. The number of nitrogens with zero attached hydrogens (tertiary/aromatic N) is 3. The van der Waals surface area contributed by atoms with Crippen molar-refractivity contribution in [3.8, 4) is 11.5 Å². The molecule has 0 amide bonds. The Bertz CT molecular complexity index is 1540. The SMILES string of the molecule is CCCCc1nc2ccc(Br)cc2c(=O)n1N=Cc1cc(Cl)c(OCc2ccc(Br)cc2Br)c(OC)c1. The second kappa shape index (κ2) is 12.6. The standard InChI is InChI=1S/C27H23Br3ClN3O3/c1-3-4-5-25-33-23-9-8-18(28)12-20(23)27(35)34(25)32-14-16-10-22(31)26(24(11-16)36-2)37-15-17-6-7-19(29)13-21(17)30/h6-14H,3-5,15H2,1-2H3. The van der Waals surface area contributed by atoms with Gasteiger partial charge in [0.15, 0.2) is 11.5 Å². The van der Waals surface area contributed by atoms with Crippen molar-refractivity contribution in [1.82, 2.24) is 9.66 Å². The number of hydrogen-bond acceptors (Lipinski definition) is 5. The van der Waals surface area contributed by atoms with Gasteiger partial charge in [-0.05, 0) is 54.4 Å². The molecule has 0 aliphatic carbocycles. The zero-order valence-corrected chi connectivity index (χ0v) is 25.6. The Hall–Kier alpha value is -2.20. The van der Waals surface area contributed by atoms with E-state index in [1.807, 2.05) is 30.3 Å². The van der Waals surface area contributed by atoms with Crippen LogP contribution in [-0.4, -0.2) is 23.0 Å². The molecule has 0 atom stereocenters. The van der Waals surface area contributed by atoms with Gasteiger partial charge in [0.25, 0.3) is 5.56 Å². The summed E-state index contributed by atoms with van der Waals surface area (Å²) in [6.07, 6.45) is 4.08. The lowest BCUT2D eigenvalue weighted by Gasteiger charge is -2.14. The van der Waals surface area contributed by atoms with Gasteiger partial charge in [0.1, 0.15) is 12.4 Å². The van der Waals surface area contributed by atoms with Crippen molar-refractivity contribution < 1.29 is 9.47 Å². The first-order valence-electron chi connectivity index (χ1n) is 11.5. The van der Waals surface area contributed by atoms with Gasteiger partial charge in [-0.3, -0.25) is 4.79 Å². The van der Waals surface area contributed by atoms with E-state index in [0.717, 1.165) is 31.8 Å². The smallest absolute Gasteiger partial charge is 0.282 e. The van der Waals surface area contributed by atoms with Crippen LogP contribution in [0.5, 0.6) is 11.5 Å². The van der Waals surface area contributed by atoms with Crippen LogP contribution < -0.4 is 15.0 Å². The van der Waals surface area contributed by atoms with E-state index >= 15 is 0 Å². The van der Waals surface area contributed by atoms with E-state index in [1.54, 1.807) is 31.5 Å². The van der Waals surface area contributed by atoms with E-state index in [9.17, 15) is 4.79 Å². The molecule has 0 unspecified atom stereocenters. The van der Waals surface area contributed by atoms with Crippen molar-refractivity contribution in [1.29, 1.82) is 0 Å². The summed E-state index contributed by atoms with van der Waals surface area (Å²) < 4.78 is 15.6. The first-order valence-corrected chi connectivity index (χ1v) is 14.3. The van der Waals surface area contributed by atoms with Gasteiger partial charge in [0.2, 0.25) is 0 Å². The maximum atomic E-state index is 13.3. The summed E-state index contributed by atoms with van der Waals surface area (Å²) in [5, 5.41) is 5.36. The lowest BCUT2D eigenvalue weighted by atomic mass is 10.2. The zero-order chi connectivity index (χ0) is 26.5. The lowest BCUT2D eigenvalue weighted by Crippen LogP contribution is -2.22. The van der Waals surface area contributed by atoms with Crippen LogP contribution in [0.25, 0.3) is 10.9 Å². The number of ether oxygens (including phenoxy) is 2. The largest absolute Gasteiger partial charge is 0.493 e. The molecule has 0 spiro atoms.